The van der Waals surface area contributed by atoms with Crippen molar-refractivity contribution in [1.82, 2.24) is 4.98 Å². The Hall–Kier alpha value is -2.40. The lowest BCUT2D eigenvalue weighted by molar-refractivity contribution is -0.600. The standard InChI is InChI=1S/C17H16N2O2S/c1-11-8-9-16(22-11)17-12(2)19(20)14(10-18-17)13-6-4-5-7-15(13)21-3/h4-10H,1-3H3. The van der Waals surface area contributed by atoms with Gasteiger partial charge in [-0.05, 0) is 31.2 Å². The van der Waals surface area contributed by atoms with E-state index in [1.165, 1.54) is 4.88 Å². The number of rotatable bonds is 3. The minimum atomic E-state index is 0.493. The van der Waals surface area contributed by atoms with E-state index in [-0.39, 0.29) is 0 Å². The van der Waals surface area contributed by atoms with Crippen LogP contribution in [0.25, 0.3) is 21.8 Å². The highest BCUT2D eigenvalue weighted by Crippen LogP contribution is 2.30. The minimum absolute atomic E-state index is 0.493. The van der Waals surface area contributed by atoms with Crippen molar-refractivity contribution in [2.24, 2.45) is 0 Å². The van der Waals surface area contributed by atoms with Gasteiger partial charge >= 0.3 is 0 Å². The molecule has 0 aliphatic heterocycles. The lowest BCUT2D eigenvalue weighted by Gasteiger charge is -2.11. The maximum absolute atomic E-state index is 12.7. The van der Waals surface area contributed by atoms with Crippen molar-refractivity contribution in [3.05, 3.63) is 58.4 Å². The third-order valence-electron chi connectivity index (χ3n) is 3.54. The van der Waals surface area contributed by atoms with Gasteiger partial charge in [0.15, 0.2) is 0 Å². The molecule has 0 spiro atoms. The molecule has 0 aliphatic rings. The number of aromatic nitrogens is 2. The van der Waals surface area contributed by atoms with Gasteiger partial charge in [-0.15, -0.1) is 11.3 Å². The van der Waals surface area contributed by atoms with Gasteiger partial charge < -0.3 is 9.94 Å². The maximum Gasteiger partial charge on any atom is 0.246 e. The second-order valence-electron chi connectivity index (χ2n) is 4.98. The molecule has 3 aromatic rings. The van der Waals surface area contributed by atoms with Crippen LogP contribution in [0, 0.1) is 19.1 Å². The summed E-state index contributed by atoms with van der Waals surface area (Å²) in [4.78, 5) is 6.71. The van der Waals surface area contributed by atoms with E-state index in [0.29, 0.717) is 17.1 Å². The van der Waals surface area contributed by atoms with E-state index >= 15 is 0 Å². The van der Waals surface area contributed by atoms with Crippen LogP contribution in [0.2, 0.25) is 0 Å². The Kier molecular flexibility index (Phi) is 3.81. The molecule has 112 valence electrons. The van der Waals surface area contributed by atoms with Crippen LogP contribution in [0.3, 0.4) is 0 Å². The molecule has 0 N–H and O–H groups in total. The van der Waals surface area contributed by atoms with Crippen LogP contribution in [0.5, 0.6) is 5.75 Å². The van der Waals surface area contributed by atoms with Crippen molar-refractivity contribution >= 4 is 11.3 Å². The summed E-state index contributed by atoms with van der Waals surface area (Å²) in [6, 6.07) is 11.5. The summed E-state index contributed by atoms with van der Waals surface area (Å²) < 4.78 is 6.26. The quantitative estimate of drug-likeness (QED) is 0.547. The Balaban J connectivity index is 2.14. The topological polar surface area (TPSA) is 49.1 Å². The summed E-state index contributed by atoms with van der Waals surface area (Å²) in [6.07, 6.45) is 1.61. The molecule has 5 heteroatoms. The summed E-state index contributed by atoms with van der Waals surface area (Å²) in [7, 11) is 1.59. The SMILES string of the molecule is COc1ccccc1-c1cnc(-c2ccc(C)s2)c(C)[n+]1[O-]. The number of hydrogen-bond acceptors (Lipinski definition) is 4. The summed E-state index contributed by atoms with van der Waals surface area (Å²) in [5, 5.41) is 12.7. The minimum Gasteiger partial charge on any atom is -0.618 e. The zero-order chi connectivity index (χ0) is 15.7. The van der Waals surface area contributed by atoms with Gasteiger partial charge in [0.2, 0.25) is 11.4 Å². The number of hydrogen-bond donors (Lipinski definition) is 0. The van der Waals surface area contributed by atoms with Gasteiger partial charge in [0.05, 0.1) is 17.6 Å². The van der Waals surface area contributed by atoms with Gasteiger partial charge in [-0.2, -0.15) is 4.73 Å². The smallest absolute Gasteiger partial charge is 0.246 e. The average molecular weight is 312 g/mol. The number of para-hydroxylation sites is 1. The molecule has 3 rings (SSSR count). The van der Waals surface area contributed by atoms with E-state index in [9.17, 15) is 5.21 Å². The lowest BCUT2D eigenvalue weighted by atomic mass is 10.1. The Labute approximate surface area is 133 Å². The fourth-order valence-electron chi connectivity index (χ4n) is 2.39. The highest BCUT2D eigenvalue weighted by Gasteiger charge is 2.20. The summed E-state index contributed by atoms with van der Waals surface area (Å²) >= 11 is 1.63. The van der Waals surface area contributed by atoms with Crippen molar-refractivity contribution in [3.8, 4) is 27.6 Å². The maximum atomic E-state index is 12.7. The van der Waals surface area contributed by atoms with E-state index in [0.717, 1.165) is 20.9 Å². The molecule has 22 heavy (non-hydrogen) atoms. The van der Waals surface area contributed by atoms with Crippen molar-refractivity contribution in [2.45, 2.75) is 13.8 Å². The van der Waals surface area contributed by atoms with E-state index < -0.39 is 0 Å². The number of thiophene rings is 1. The number of nitrogens with zero attached hydrogens (tertiary/aromatic N) is 2. The molecule has 2 aromatic heterocycles. The van der Waals surface area contributed by atoms with Gasteiger partial charge in [0.25, 0.3) is 0 Å². The molecule has 0 fully saturated rings. The van der Waals surface area contributed by atoms with Gasteiger partial charge in [0, 0.05) is 11.8 Å². The van der Waals surface area contributed by atoms with Crippen LogP contribution >= 0.6 is 11.3 Å². The molecule has 0 bridgehead atoms. The van der Waals surface area contributed by atoms with Crippen LogP contribution in [0.1, 0.15) is 10.6 Å². The van der Waals surface area contributed by atoms with Crippen molar-refractivity contribution in [1.29, 1.82) is 0 Å². The van der Waals surface area contributed by atoms with Crippen LogP contribution in [-0.4, -0.2) is 12.1 Å². The van der Waals surface area contributed by atoms with Crippen LogP contribution in [-0.2, 0) is 0 Å². The zero-order valence-corrected chi connectivity index (χ0v) is 13.5. The van der Waals surface area contributed by atoms with Gasteiger partial charge in [-0.3, -0.25) is 0 Å². The second kappa shape index (κ2) is 5.77. The molecule has 0 amide bonds. The molecule has 1 aromatic carbocycles. The first-order valence-corrected chi connectivity index (χ1v) is 7.73. The normalized spacial score (nSPS) is 10.7. The fraction of sp³-hybridized carbons (Fsp3) is 0.176. The summed E-state index contributed by atoms with van der Waals surface area (Å²) in [6.45, 7) is 3.83. The number of ether oxygens (including phenoxy) is 1. The van der Waals surface area contributed by atoms with Crippen LogP contribution < -0.4 is 9.47 Å². The number of benzene rings is 1. The first-order valence-electron chi connectivity index (χ1n) is 6.91. The van der Waals surface area contributed by atoms with Crippen LogP contribution in [0.15, 0.2) is 42.6 Å². The second-order valence-corrected chi connectivity index (χ2v) is 6.27. The van der Waals surface area contributed by atoms with E-state index in [2.05, 4.69) is 4.98 Å². The molecule has 0 atom stereocenters. The van der Waals surface area contributed by atoms with Crippen molar-refractivity contribution < 1.29 is 9.47 Å². The van der Waals surface area contributed by atoms with Gasteiger partial charge in [0.1, 0.15) is 17.6 Å². The van der Waals surface area contributed by atoms with Gasteiger partial charge in [-0.1, -0.05) is 12.1 Å². The third-order valence-corrected chi connectivity index (χ3v) is 4.55. The van der Waals surface area contributed by atoms with E-state index in [1.54, 1.807) is 31.6 Å². The first-order chi connectivity index (χ1) is 10.6. The summed E-state index contributed by atoms with van der Waals surface area (Å²) in [5.41, 5.74) is 2.55. The molecular weight excluding hydrogens is 296 g/mol. The van der Waals surface area contributed by atoms with Crippen LogP contribution in [0.4, 0.5) is 0 Å². The molecule has 2 heterocycles. The monoisotopic (exact) mass is 312 g/mol. The van der Waals surface area contributed by atoms with E-state index in [1.807, 2.05) is 43.3 Å². The third kappa shape index (κ3) is 2.44. The Morgan fingerprint density at radius 2 is 1.91 bits per heavy atom. The average Bonchev–Trinajstić information content (AvgIpc) is 2.96. The molecule has 4 nitrogen and oxygen atoms in total. The Bertz CT molecular complexity index is 827. The highest BCUT2D eigenvalue weighted by molar-refractivity contribution is 7.15. The van der Waals surface area contributed by atoms with Crippen molar-refractivity contribution in [2.75, 3.05) is 7.11 Å². The zero-order valence-electron chi connectivity index (χ0n) is 12.7. The highest BCUT2D eigenvalue weighted by atomic mass is 32.1. The predicted molar refractivity (Wildman–Crippen MR) is 88.0 cm³/mol. The molecular formula is C17H16N2O2S. The predicted octanol–water partition coefficient (Wildman–Crippen LogP) is 3.74. The number of aryl methyl sites for hydroxylation is 1. The largest absolute Gasteiger partial charge is 0.618 e. The molecule has 0 saturated heterocycles. The Morgan fingerprint density at radius 1 is 1.14 bits per heavy atom. The molecule has 0 unspecified atom stereocenters. The summed E-state index contributed by atoms with van der Waals surface area (Å²) in [5.74, 6) is 0.660. The fourth-order valence-corrected chi connectivity index (χ4v) is 3.30. The number of methoxy groups -OCH3 is 1. The molecule has 0 radical (unpaired) electrons. The molecule has 0 saturated carbocycles. The molecule has 0 aliphatic carbocycles. The van der Waals surface area contributed by atoms with E-state index in [4.69, 9.17) is 4.74 Å². The lowest BCUT2D eigenvalue weighted by Crippen LogP contribution is -2.34. The first kappa shape index (κ1) is 14.5. The van der Waals surface area contributed by atoms with Crippen molar-refractivity contribution in [3.63, 3.8) is 0 Å². The van der Waals surface area contributed by atoms with Gasteiger partial charge in [-0.25, -0.2) is 4.98 Å². The Morgan fingerprint density at radius 3 is 2.59 bits per heavy atom.